The van der Waals surface area contributed by atoms with Gasteiger partial charge in [0.25, 0.3) is 0 Å². The van der Waals surface area contributed by atoms with Gasteiger partial charge in [0.15, 0.2) is 0 Å². The number of primary amides is 1. The van der Waals surface area contributed by atoms with Gasteiger partial charge in [0, 0.05) is 0 Å². The molecule has 0 aliphatic carbocycles. The average Bonchev–Trinajstić information content (AvgIpc) is 2.36. The van der Waals surface area contributed by atoms with Crippen molar-refractivity contribution < 1.29 is 19.4 Å². The summed E-state index contributed by atoms with van der Waals surface area (Å²) in [6.07, 6.45) is -0.0364. The van der Waals surface area contributed by atoms with Crippen molar-refractivity contribution in [3.8, 4) is 0 Å². The topological polar surface area (TPSA) is 102 Å². The van der Waals surface area contributed by atoms with Crippen LogP contribution >= 0.6 is 23.5 Å². The second-order valence-electron chi connectivity index (χ2n) is 6.25. The van der Waals surface area contributed by atoms with Crippen molar-refractivity contribution in [1.82, 2.24) is 5.32 Å². The Morgan fingerprint density at radius 1 is 1.36 bits per heavy atom. The lowest BCUT2D eigenvalue weighted by atomic mass is 10.1. The van der Waals surface area contributed by atoms with Crippen LogP contribution in [0.25, 0.3) is 0 Å². The summed E-state index contributed by atoms with van der Waals surface area (Å²) < 4.78 is 5.51. The maximum Gasteiger partial charge on any atom is 0.407 e. The first-order chi connectivity index (χ1) is 10.2. The average molecular weight is 351 g/mol. The number of amides is 2. The van der Waals surface area contributed by atoms with Crippen LogP contribution in [0.1, 0.15) is 40.0 Å². The van der Waals surface area contributed by atoms with Crippen LogP contribution in [0.5, 0.6) is 0 Å². The number of aliphatic hydroxyl groups is 1. The Kier molecular flexibility index (Phi) is 7.85. The molecule has 22 heavy (non-hydrogen) atoms. The summed E-state index contributed by atoms with van der Waals surface area (Å²) in [6, 6.07) is -0.551. The van der Waals surface area contributed by atoms with Gasteiger partial charge in [-0.2, -0.15) is 0 Å². The molecule has 1 aliphatic heterocycles. The molecule has 1 heterocycles. The highest BCUT2D eigenvalue weighted by atomic mass is 32.2. The number of rotatable bonds is 6. The number of carbonyl (C=O) groups is 2. The van der Waals surface area contributed by atoms with Gasteiger partial charge in [0.05, 0.1) is 23.1 Å². The molecule has 0 radical (unpaired) electrons. The van der Waals surface area contributed by atoms with E-state index >= 15 is 0 Å². The minimum absolute atomic E-state index is 0.178. The van der Waals surface area contributed by atoms with E-state index in [1.165, 1.54) is 6.42 Å². The fraction of sp³-hybridized carbons (Fsp3) is 0.857. The van der Waals surface area contributed by atoms with Gasteiger partial charge in [0.1, 0.15) is 5.60 Å². The molecule has 2 atom stereocenters. The normalized spacial score (nSPS) is 19.3. The summed E-state index contributed by atoms with van der Waals surface area (Å²) in [6.45, 7) is 5.32. The van der Waals surface area contributed by atoms with Crippen LogP contribution in [-0.4, -0.2) is 50.9 Å². The number of nitrogens with one attached hydrogen (secondary N) is 1. The highest BCUT2D eigenvalue weighted by Gasteiger charge is 2.29. The molecule has 1 fully saturated rings. The largest absolute Gasteiger partial charge is 0.444 e. The van der Waals surface area contributed by atoms with Crippen LogP contribution in [-0.2, 0) is 9.53 Å². The maximum absolute atomic E-state index is 11.9. The molecule has 1 aliphatic rings. The zero-order valence-corrected chi connectivity index (χ0v) is 15.0. The maximum atomic E-state index is 11.9. The SMILES string of the molecule is CC(C)(C)OC(=O)NC(CC1SCCCS1)C(O)CC(N)=O. The van der Waals surface area contributed by atoms with Gasteiger partial charge in [-0.3, -0.25) is 4.79 Å². The van der Waals surface area contributed by atoms with Crippen molar-refractivity contribution in [3.05, 3.63) is 0 Å². The minimum Gasteiger partial charge on any atom is -0.444 e. The lowest BCUT2D eigenvalue weighted by Gasteiger charge is -2.30. The van der Waals surface area contributed by atoms with Crippen LogP contribution < -0.4 is 11.1 Å². The molecule has 0 aromatic carbocycles. The Labute approximate surface area is 140 Å². The van der Waals surface area contributed by atoms with Crippen LogP contribution in [0.3, 0.4) is 0 Å². The van der Waals surface area contributed by atoms with Crippen molar-refractivity contribution in [2.75, 3.05) is 11.5 Å². The minimum atomic E-state index is -1.01. The van der Waals surface area contributed by atoms with E-state index in [1.54, 1.807) is 20.8 Å². The molecule has 2 amide bonds. The number of alkyl carbamates (subject to hydrolysis) is 1. The summed E-state index contributed by atoms with van der Waals surface area (Å²) in [4.78, 5) is 23.0. The van der Waals surface area contributed by atoms with Gasteiger partial charge in [0.2, 0.25) is 5.91 Å². The number of thioether (sulfide) groups is 2. The van der Waals surface area contributed by atoms with E-state index in [9.17, 15) is 14.7 Å². The predicted octanol–water partition coefficient (Wildman–Crippen LogP) is 1.70. The van der Waals surface area contributed by atoms with Gasteiger partial charge in [-0.05, 0) is 45.1 Å². The molecule has 128 valence electrons. The molecular formula is C14H26N2O4S2. The van der Waals surface area contributed by atoms with Crippen molar-refractivity contribution in [2.24, 2.45) is 5.73 Å². The summed E-state index contributed by atoms with van der Waals surface area (Å²) in [7, 11) is 0. The molecule has 8 heteroatoms. The van der Waals surface area contributed by atoms with Crippen LogP contribution in [0.2, 0.25) is 0 Å². The van der Waals surface area contributed by atoms with Gasteiger partial charge in [-0.25, -0.2) is 4.79 Å². The third-order valence-electron chi connectivity index (χ3n) is 2.92. The van der Waals surface area contributed by atoms with E-state index in [4.69, 9.17) is 10.5 Å². The molecule has 0 bridgehead atoms. The lowest BCUT2D eigenvalue weighted by Crippen LogP contribution is -2.47. The number of hydrogen-bond acceptors (Lipinski definition) is 6. The fourth-order valence-corrected chi connectivity index (χ4v) is 4.98. The van der Waals surface area contributed by atoms with Crippen LogP contribution in [0.4, 0.5) is 4.79 Å². The number of aliphatic hydroxyl groups excluding tert-OH is 1. The van der Waals surface area contributed by atoms with Gasteiger partial charge in [-0.1, -0.05) is 0 Å². The lowest BCUT2D eigenvalue weighted by molar-refractivity contribution is -0.120. The molecule has 6 nitrogen and oxygen atoms in total. The zero-order chi connectivity index (χ0) is 16.8. The van der Waals surface area contributed by atoms with E-state index in [-0.39, 0.29) is 11.0 Å². The molecule has 0 spiro atoms. The van der Waals surface area contributed by atoms with E-state index < -0.39 is 29.7 Å². The second-order valence-corrected chi connectivity index (χ2v) is 9.17. The van der Waals surface area contributed by atoms with Crippen LogP contribution in [0.15, 0.2) is 0 Å². The first-order valence-corrected chi connectivity index (χ1v) is 9.46. The third kappa shape index (κ3) is 8.14. The van der Waals surface area contributed by atoms with Gasteiger partial charge >= 0.3 is 6.09 Å². The summed E-state index contributed by atoms with van der Waals surface area (Å²) in [5, 5.41) is 12.8. The van der Waals surface area contributed by atoms with Crippen LogP contribution in [0, 0.1) is 0 Å². The quantitative estimate of drug-likeness (QED) is 0.674. The molecule has 1 rings (SSSR count). The molecule has 2 unspecified atom stereocenters. The smallest absolute Gasteiger partial charge is 0.407 e. The Balaban J connectivity index is 2.63. The molecule has 0 aromatic rings. The Morgan fingerprint density at radius 2 is 1.95 bits per heavy atom. The molecule has 0 aromatic heterocycles. The van der Waals surface area contributed by atoms with Crippen molar-refractivity contribution >= 4 is 35.5 Å². The van der Waals surface area contributed by atoms with E-state index in [2.05, 4.69) is 5.32 Å². The Bertz CT molecular complexity index is 382. The van der Waals surface area contributed by atoms with Crippen molar-refractivity contribution in [1.29, 1.82) is 0 Å². The number of carbonyl (C=O) groups excluding carboxylic acids is 2. The Hall–Kier alpha value is -0.600. The highest BCUT2D eigenvalue weighted by molar-refractivity contribution is 8.17. The first kappa shape index (κ1) is 19.4. The molecule has 1 saturated heterocycles. The molecular weight excluding hydrogens is 324 g/mol. The monoisotopic (exact) mass is 350 g/mol. The van der Waals surface area contributed by atoms with E-state index in [0.717, 1.165) is 11.5 Å². The van der Waals surface area contributed by atoms with Gasteiger partial charge < -0.3 is 20.9 Å². The standard InChI is InChI=1S/C14H26N2O4S2/c1-14(2,3)20-13(19)16-9(10(17)8-11(15)18)7-12-21-5-4-6-22-12/h9-10,12,17H,4-8H2,1-3H3,(H2,15,18)(H,16,19). The molecule has 4 N–H and O–H groups in total. The van der Waals surface area contributed by atoms with Gasteiger partial charge in [-0.15, -0.1) is 23.5 Å². The third-order valence-corrected chi connectivity index (χ3v) is 5.91. The number of hydrogen-bond donors (Lipinski definition) is 3. The number of nitrogens with two attached hydrogens (primary N) is 1. The zero-order valence-electron chi connectivity index (χ0n) is 13.3. The summed E-state index contributed by atoms with van der Waals surface area (Å²) in [5.41, 5.74) is 4.53. The highest BCUT2D eigenvalue weighted by Crippen LogP contribution is 2.34. The first-order valence-electron chi connectivity index (χ1n) is 7.36. The van der Waals surface area contributed by atoms with E-state index in [1.807, 2.05) is 23.5 Å². The fourth-order valence-electron chi connectivity index (χ4n) is 2.00. The Morgan fingerprint density at radius 3 is 2.45 bits per heavy atom. The summed E-state index contributed by atoms with van der Waals surface area (Å²) in [5.74, 6) is 1.55. The second kappa shape index (κ2) is 8.88. The summed E-state index contributed by atoms with van der Waals surface area (Å²) >= 11 is 3.62. The molecule has 0 saturated carbocycles. The predicted molar refractivity (Wildman–Crippen MR) is 90.9 cm³/mol. The number of ether oxygens (including phenoxy) is 1. The van der Waals surface area contributed by atoms with E-state index in [0.29, 0.717) is 6.42 Å². The van der Waals surface area contributed by atoms with Crippen molar-refractivity contribution in [2.45, 2.75) is 62.4 Å². The van der Waals surface area contributed by atoms with Crippen molar-refractivity contribution in [3.63, 3.8) is 0 Å².